The third-order valence-corrected chi connectivity index (χ3v) is 3.21. The van der Waals surface area contributed by atoms with Gasteiger partial charge in [-0.15, -0.1) is 0 Å². The van der Waals surface area contributed by atoms with Crippen molar-refractivity contribution in [2.75, 3.05) is 47.3 Å². The summed E-state index contributed by atoms with van der Waals surface area (Å²) >= 11 is 0. The number of hydrogen-bond acceptors (Lipinski definition) is 3. The molecule has 0 spiro atoms. The second-order valence-corrected chi connectivity index (χ2v) is 5.87. The molecule has 0 saturated heterocycles. The van der Waals surface area contributed by atoms with E-state index in [1.54, 1.807) is 0 Å². The third-order valence-electron chi connectivity index (χ3n) is 3.21. The maximum atomic E-state index is 3.54. The van der Waals surface area contributed by atoms with Crippen molar-refractivity contribution in [1.29, 1.82) is 0 Å². The second-order valence-electron chi connectivity index (χ2n) is 5.87. The molecule has 0 heterocycles. The Morgan fingerprint density at radius 2 is 1.65 bits per heavy atom. The van der Waals surface area contributed by atoms with Gasteiger partial charge in [-0.2, -0.15) is 0 Å². The molecular weight excluding hydrogens is 210 g/mol. The average molecular weight is 243 g/mol. The highest BCUT2D eigenvalue weighted by Gasteiger charge is 2.08. The Kier molecular flexibility index (Phi) is 9.79. The van der Waals surface area contributed by atoms with Crippen molar-refractivity contribution in [3.63, 3.8) is 0 Å². The topological polar surface area (TPSA) is 18.5 Å². The zero-order chi connectivity index (χ0) is 13.3. The SMILES string of the molecule is CC(C)CCNCC(C)N(C)CCCN(C)C. The molecule has 17 heavy (non-hydrogen) atoms. The lowest BCUT2D eigenvalue weighted by molar-refractivity contribution is 0.236. The predicted octanol–water partition coefficient (Wildman–Crippen LogP) is 1.89. The standard InChI is InChI=1S/C14H33N3/c1-13(2)8-9-15-12-14(3)17(6)11-7-10-16(4)5/h13-15H,7-12H2,1-6H3. The summed E-state index contributed by atoms with van der Waals surface area (Å²) in [6.07, 6.45) is 2.52. The second kappa shape index (κ2) is 9.86. The van der Waals surface area contributed by atoms with Crippen molar-refractivity contribution in [2.45, 2.75) is 39.7 Å². The highest BCUT2D eigenvalue weighted by Crippen LogP contribution is 1.99. The van der Waals surface area contributed by atoms with E-state index in [1.807, 2.05) is 0 Å². The van der Waals surface area contributed by atoms with Crippen LogP contribution in [0.2, 0.25) is 0 Å². The highest BCUT2D eigenvalue weighted by molar-refractivity contribution is 4.67. The Hall–Kier alpha value is -0.120. The summed E-state index contributed by atoms with van der Waals surface area (Å²) < 4.78 is 0. The Morgan fingerprint density at radius 3 is 2.18 bits per heavy atom. The molecule has 0 aliphatic carbocycles. The molecule has 0 radical (unpaired) electrons. The van der Waals surface area contributed by atoms with Crippen LogP contribution in [0, 0.1) is 5.92 Å². The summed E-state index contributed by atoms with van der Waals surface area (Å²) in [5.41, 5.74) is 0. The zero-order valence-corrected chi connectivity index (χ0v) is 12.8. The highest BCUT2D eigenvalue weighted by atomic mass is 15.1. The van der Waals surface area contributed by atoms with E-state index in [9.17, 15) is 0 Å². The van der Waals surface area contributed by atoms with E-state index in [2.05, 4.69) is 57.0 Å². The van der Waals surface area contributed by atoms with Crippen molar-refractivity contribution in [3.8, 4) is 0 Å². The van der Waals surface area contributed by atoms with Crippen LogP contribution in [0.5, 0.6) is 0 Å². The molecular formula is C14H33N3. The van der Waals surface area contributed by atoms with Crippen molar-refractivity contribution in [2.24, 2.45) is 5.92 Å². The molecule has 0 saturated carbocycles. The summed E-state index contributed by atoms with van der Waals surface area (Å²) in [4.78, 5) is 4.70. The summed E-state index contributed by atoms with van der Waals surface area (Å²) in [6, 6.07) is 0.629. The van der Waals surface area contributed by atoms with Crippen molar-refractivity contribution in [3.05, 3.63) is 0 Å². The lowest BCUT2D eigenvalue weighted by Gasteiger charge is -2.25. The molecule has 3 nitrogen and oxygen atoms in total. The van der Waals surface area contributed by atoms with Gasteiger partial charge in [0.05, 0.1) is 0 Å². The number of likely N-dealkylation sites (N-methyl/N-ethyl adjacent to an activating group) is 1. The fourth-order valence-electron chi connectivity index (χ4n) is 1.71. The van der Waals surface area contributed by atoms with Gasteiger partial charge >= 0.3 is 0 Å². The quantitative estimate of drug-likeness (QED) is 0.591. The summed E-state index contributed by atoms with van der Waals surface area (Å²) in [5.74, 6) is 0.802. The first-order valence-corrected chi connectivity index (χ1v) is 6.99. The van der Waals surface area contributed by atoms with Crippen LogP contribution in [-0.2, 0) is 0 Å². The molecule has 0 aliphatic heterocycles. The van der Waals surface area contributed by atoms with E-state index in [0.29, 0.717) is 6.04 Å². The van der Waals surface area contributed by atoms with Gasteiger partial charge in [0.15, 0.2) is 0 Å². The molecule has 0 aromatic heterocycles. The number of hydrogen-bond donors (Lipinski definition) is 1. The molecule has 1 N–H and O–H groups in total. The normalized spacial score (nSPS) is 13.9. The van der Waals surface area contributed by atoms with E-state index >= 15 is 0 Å². The van der Waals surface area contributed by atoms with Crippen LogP contribution in [0.15, 0.2) is 0 Å². The molecule has 0 aromatic rings. The molecule has 0 rings (SSSR count). The van der Waals surface area contributed by atoms with Crippen LogP contribution in [-0.4, -0.2) is 63.2 Å². The Morgan fingerprint density at radius 1 is 1.00 bits per heavy atom. The first-order chi connectivity index (χ1) is 7.93. The Bertz CT molecular complexity index is 169. The maximum Gasteiger partial charge on any atom is 0.0189 e. The van der Waals surface area contributed by atoms with Gasteiger partial charge in [0.1, 0.15) is 0 Å². The molecule has 0 amide bonds. The molecule has 1 atom stereocenters. The molecule has 0 aliphatic rings. The van der Waals surface area contributed by atoms with Crippen LogP contribution in [0.1, 0.15) is 33.6 Å². The van der Waals surface area contributed by atoms with Gasteiger partial charge in [0.25, 0.3) is 0 Å². The fraction of sp³-hybridized carbons (Fsp3) is 1.00. The predicted molar refractivity (Wildman–Crippen MR) is 77.6 cm³/mol. The van der Waals surface area contributed by atoms with Crippen LogP contribution in [0.3, 0.4) is 0 Å². The Labute approximate surface area is 109 Å². The monoisotopic (exact) mass is 243 g/mol. The van der Waals surface area contributed by atoms with E-state index < -0.39 is 0 Å². The van der Waals surface area contributed by atoms with Crippen LogP contribution < -0.4 is 5.32 Å². The first-order valence-electron chi connectivity index (χ1n) is 6.99. The van der Waals surface area contributed by atoms with Gasteiger partial charge in [-0.05, 0) is 66.5 Å². The van der Waals surface area contributed by atoms with Gasteiger partial charge in [-0.25, -0.2) is 0 Å². The molecule has 104 valence electrons. The van der Waals surface area contributed by atoms with Gasteiger partial charge in [-0.1, -0.05) is 13.8 Å². The van der Waals surface area contributed by atoms with Crippen LogP contribution >= 0.6 is 0 Å². The zero-order valence-electron chi connectivity index (χ0n) is 12.8. The van der Waals surface area contributed by atoms with E-state index in [1.165, 1.54) is 25.9 Å². The van der Waals surface area contributed by atoms with E-state index in [0.717, 1.165) is 19.0 Å². The molecule has 0 fully saturated rings. The number of rotatable bonds is 10. The lowest BCUT2D eigenvalue weighted by atomic mass is 10.1. The van der Waals surface area contributed by atoms with Gasteiger partial charge < -0.3 is 15.1 Å². The van der Waals surface area contributed by atoms with Crippen molar-refractivity contribution in [1.82, 2.24) is 15.1 Å². The van der Waals surface area contributed by atoms with E-state index in [4.69, 9.17) is 0 Å². The summed E-state index contributed by atoms with van der Waals surface area (Å²) in [5, 5.41) is 3.54. The smallest absolute Gasteiger partial charge is 0.0189 e. The largest absolute Gasteiger partial charge is 0.315 e. The molecule has 3 heteroatoms. The average Bonchev–Trinajstić information content (AvgIpc) is 2.23. The minimum atomic E-state index is 0.629. The minimum absolute atomic E-state index is 0.629. The van der Waals surface area contributed by atoms with Gasteiger partial charge in [0, 0.05) is 12.6 Å². The Balaban J connectivity index is 3.49. The van der Waals surface area contributed by atoms with Crippen LogP contribution in [0.25, 0.3) is 0 Å². The summed E-state index contributed by atoms with van der Waals surface area (Å²) in [7, 11) is 6.50. The maximum absolute atomic E-state index is 3.54. The van der Waals surface area contributed by atoms with Crippen molar-refractivity contribution < 1.29 is 0 Å². The lowest BCUT2D eigenvalue weighted by Crippen LogP contribution is -2.39. The van der Waals surface area contributed by atoms with Crippen molar-refractivity contribution >= 4 is 0 Å². The minimum Gasteiger partial charge on any atom is -0.315 e. The third kappa shape index (κ3) is 10.7. The fourth-order valence-corrected chi connectivity index (χ4v) is 1.71. The van der Waals surface area contributed by atoms with Gasteiger partial charge in [0.2, 0.25) is 0 Å². The van der Waals surface area contributed by atoms with Crippen LogP contribution in [0.4, 0.5) is 0 Å². The van der Waals surface area contributed by atoms with Gasteiger partial charge in [-0.3, -0.25) is 0 Å². The molecule has 1 unspecified atom stereocenters. The number of nitrogens with one attached hydrogen (secondary N) is 1. The van der Waals surface area contributed by atoms with E-state index in [-0.39, 0.29) is 0 Å². The summed E-state index contributed by atoms with van der Waals surface area (Å²) in [6.45, 7) is 11.5. The molecule has 0 aromatic carbocycles. The first kappa shape index (κ1) is 16.9. The number of nitrogens with zero attached hydrogens (tertiary/aromatic N) is 2. The molecule has 0 bridgehead atoms.